The Bertz CT molecular complexity index is 498. The van der Waals surface area contributed by atoms with Crippen molar-refractivity contribution in [1.29, 1.82) is 0 Å². The molecule has 2 aliphatic rings. The number of hydrogen-bond acceptors (Lipinski definition) is 4. The van der Waals surface area contributed by atoms with Gasteiger partial charge >= 0.3 is 0 Å². The fourth-order valence-electron chi connectivity index (χ4n) is 2.67. The summed E-state index contributed by atoms with van der Waals surface area (Å²) in [5.41, 5.74) is 0. The first-order valence-corrected chi connectivity index (χ1v) is 7.38. The van der Waals surface area contributed by atoms with Crippen LogP contribution in [0.1, 0.15) is 0 Å². The number of aromatic nitrogens is 2. The van der Waals surface area contributed by atoms with Gasteiger partial charge in [-0.2, -0.15) is 5.10 Å². The maximum absolute atomic E-state index is 11.3. The van der Waals surface area contributed by atoms with E-state index in [2.05, 4.69) is 10.4 Å². The predicted octanol–water partition coefficient (Wildman–Crippen LogP) is -0.248. The Balaban J connectivity index is 1.70. The molecule has 1 saturated carbocycles. The largest absolute Gasteiger partial charge is 0.316 e. The van der Waals surface area contributed by atoms with Crippen LogP contribution in [-0.4, -0.2) is 37.5 Å². The van der Waals surface area contributed by atoms with Crippen LogP contribution >= 0.6 is 0 Å². The van der Waals surface area contributed by atoms with Gasteiger partial charge in [-0.25, -0.2) is 8.42 Å². The highest BCUT2D eigenvalue weighted by molar-refractivity contribution is 7.90. The van der Waals surface area contributed by atoms with E-state index >= 15 is 0 Å². The first-order valence-electron chi connectivity index (χ1n) is 5.49. The topological polar surface area (TPSA) is 64.0 Å². The number of rotatable bonds is 3. The van der Waals surface area contributed by atoms with E-state index in [4.69, 9.17) is 0 Å². The molecule has 0 amide bonds. The van der Waals surface area contributed by atoms with Crippen LogP contribution in [0, 0.1) is 17.8 Å². The molecule has 1 saturated heterocycles. The van der Waals surface area contributed by atoms with Crippen LogP contribution in [0.25, 0.3) is 0 Å². The summed E-state index contributed by atoms with van der Waals surface area (Å²) < 4.78 is 24.3. The monoisotopic (exact) mass is 241 g/mol. The van der Waals surface area contributed by atoms with Crippen molar-refractivity contribution < 1.29 is 8.42 Å². The second-order valence-electron chi connectivity index (χ2n) is 4.82. The molecule has 1 aliphatic carbocycles. The van der Waals surface area contributed by atoms with Gasteiger partial charge in [-0.05, 0) is 30.8 Å². The fourth-order valence-corrected chi connectivity index (χ4v) is 3.22. The zero-order valence-corrected chi connectivity index (χ0v) is 9.94. The Morgan fingerprint density at radius 2 is 2.19 bits per heavy atom. The summed E-state index contributed by atoms with van der Waals surface area (Å²) in [7, 11) is -3.11. The highest BCUT2D eigenvalue weighted by Gasteiger charge is 2.52. The van der Waals surface area contributed by atoms with Gasteiger partial charge in [0.1, 0.15) is 4.90 Å². The summed E-state index contributed by atoms with van der Waals surface area (Å²) in [6.07, 6.45) is 4.28. The molecule has 2 unspecified atom stereocenters. The highest BCUT2D eigenvalue weighted by Crippen LogP contribution is 2.49. The van der Waals surface area contributed by atoms with Crippen LogP contribution in [-0.2, 0) is 16.4 Å². The van der Waals surface area contributed by atoms with Crippen LogP contribution in [0.4, 0.5) is 0 Å². The molecule has 3 rings (SSSR count). The Morgan fingerprint density at radius 1 is 1.50 bits per heavy atom. The van der Waals surface area contributed by atoms with Gasteiger partial charge in [-0.1, -0.05) is 0 Å². The van der Waals surface area contributed by atoms with Crippen molar-refractivity contribution in [2.75, 3.05) is 19.3 Å². The average Bonchev–Trinajstić information content (AvgIpc) is 2.64. The van der Waals surface area contributed by atoms with Crippen LogP contribution in [0.3, 0.4) is 0 Å². The second-order valence-corrected chi connectivity index (χ2v) is 6.84. The van der Waals surface area contributed by atoms with Gasteiger partial charge in [-0.3, -0.25) is 4.68 Å². The lowest BCUT2D eigenvalue weighted by Crippen LogP contribution is -2.17. The summed E-state index contributed by atoms with van der Waals surface area (Å²) in [6, 6.07) is 0. The lowest BCUT2D eigenvalue weighted by molar-refractivity contribution is 0.483. The SMILES string of the molecule is CS(=O)(=O)c1cnn(CC2C3CNCC32)c1. The smallest absolute Gasteiger partial charge is 0.178 e. The summed E-state index contributed by atoms with van der Waals surface area (Å²) in [5.74, 6) is 2.25. The molecule has 2 fully saturated rings. The first kappa shape index (κ1) is 10.3. The second kappa shape index (κ2) is 3.30. The number of hydrogen-bond donors (Lipinski definition) is 1. The average molecular weight is 241 g/mol. The molecule has 0 radical (unpaired) electrons. The minimum Gasteiger partial charge on any atom is -0.316 e. The molecule has 1 aromatic heterocycles. The Kier molecular flexibility index (Phi) is 2.12. The van der Waals surface area contributed by atoms with Gasteiger partial charge < -0.3 is 5.32 Å². The summed E-state index contributed by atoms with van der Waals surface area (Å²) in [6.45, 7) is 3.07. The maximum atomic E-state index is 11.3. The van der Waals surface area contributed by atoms with Crippen molar-refractivity contribution in [2.45, 2.75) is 11.4 Å². The van der Waals surface area contributed by atoms with E-state index in [1.807, 2.05) is 0 Å². The predicted molar refractivity (Wildman–Crippen MR) is 58.7 cm³/mol. The third-order valence-corrected chi connectivity index (χ3v) is 4.77. The van der Waals surface area contributed by atoms with Crippen LogP contribution < -0.4 is 5.32 Å². The number of nitrogens with zero attached hydrogens (tertiary/aromatic N) is 2. The number of nitrogens with one attached hydrogen (secondary N) is 1. The molecule has 6 heteroatoms. The van der Waals surface area contributed by atoms with E-state index in [0.29, 0.717) is 10.8 Å². The number of sulfone groups is 1. The lowest BCUT2D eigenvalue weighted by atomic mass is 10.3. The van der Waals surface area contributed by atoms with Crippen molar-refractivity contribution in [3.8, 4) is 0 Å². The summed E-state index contributed by atoms with van der Waals surface area (Å²) in [5, 5.41) is 7.45. The van der Waals surface area contributed by atoms with E-state index in [-0.39, 0.29) is 0 Å². The molecule has 0 spiro atoms. The number of fused-ring (bicyclic) bond motifs is 1. The van der Waals surface area contributed by atoms with E-state index in [1.165, 1.54) is 12.5 Å². The minimum absolute atomic E-state index is 0.316. The summed E-state index contributed by atoms with van der Waals surface area (Å²) >= 11 is 0. The van der Waals surface area contributed by atoms with Gasteiger partial charge in [0, 0.05) is 19.0 Å². The molecule has 1 aliphatic heterocycles. The molecule has 2 heterocycles. The van der Waals surface area contributed by atoms with Crippen LogP contribution in [0.2, 0.25) is 0 Å². The van der Waals surface area contributed by atoms with E-state index in [0.717, 1.165) is 31.5 Å². The Hall–Kier alpha value is -0.880. The van der Waals surface area contributed by atoms with E-state index in [9.17, 15) is 8.42 Å². The van der Waals surface area contributed by atoms with Gasteiger partial charge in [0.25, 0.3) is 0 Å². The molecule has 1 aromatic rings. The molecule has 0 aromatic carbocycles. The third-order valence-electron chi connectivity index (χ3n) is 3.70. The van der Waals surface area contributed by atoms with E-state index < -0.39 is 9.84 Å². The Morgan fingerprint density at radius 3 is 2.75 bits per heavy atom. The Labute approximate surface area is 94.8 Å². The van der Waals surface area contributed by atoms with Crippen LogP contribution in [0.5, 0.6) is 0 Å². The first-order chi connectivity index (χ1) is 7.55. The normalized spacial score (nSPS) is 32.7. The molecular weight excluding hydrogens is 226 g/mol. The van der Waals surface area contributed by atoms with Gasteiger partial charge in [0.05, 0.1) is 6.20 Å². The minimum atomic E-state index is -3.11. The lowest BCUT2D eigenvalue weighted by Gasteiger charge is -2.03. The standard InChI is InChI=1S/C10H15N3O2S/c1-16(14,15)7-2-12-13(5-7)6-10-8-3-11-4-9(8)10/h2,5,8-11H,3-4,6H2,1H3. The molecule has 0 bridgehead atoms. The highest BCUT2D eigenvalue weighted by atomic mass is 32.2. The molecule has 5 nitrogen and oxygen atoms in total. The zero-order chi connectivity index (χ0) is 11.3. The fraction of sp³-hybridized carbons (Fsp3) is 0.700. The molecular formula is C10H15N3O2S. The van der Waals surface area contributed by atoms with Crippen LogP contribution in [0.15, 0.2) is 17.3 Å². The van der Waals surface area contributed by atoms with Crippen molar-refractivity contribution in [2.24, 2.45) is 17.8 Å². The van der Waals surface area contributed by atoms with Gasteiger partial charge in [0.2, 0.25) is 0 Å². The zero-order valence-electron chi connectivity index (χ0n) is 9.13. The van der Waals surface area contributed by atoms with Crippen molar-refractivity contribution in [3.05, 3.63) is 12.4 Å². The summed E-state index contributed by atoms with van der Waals surface area (Å²) in [4.78, 5) is 0.316. The maximum Gasteiger partial charge on any atom is 0.178 e. The quantitative estimate of drug-likeness (QED) is 0.793. The molecule has 1 N–H and O–H groups in total. The van der Waals surface area contributed by atoms with Crippen molar-refractivity contribution >= 4 is 9.84 Å². The molecule has 2 atom stereocenters. The number of piperidine rings is 1. The molecule has 88 valence electrons. The third kappa shape index (κ3) is 1.66. The van der Waals surface area contributed by atoms with Gasteiger partial charge in [-0.15, -0.1) is 0 Å². The van der Waals surface area contributed by atoms with Crippen molar-refractivity contribution in [1.82, 2.24) is 15.1 Å². The van der Waals surface area contributed by atoms with E-state index in [1.54, 1.807) is 10.9 Å². The van der Waals surface area contributed by atoms with Crippen molar-refractivity contribution in [3.63, 3.8) is 0 Å². The molecule has 16 heavy (non-hydrogen) atoms. The van der Waals surface area contributed by atoms with Gasteiger partial charge in [0.15, 0.2) is 9.84 Å².